The summed E-state index contributed by atoms with van der Waals surface area (Å²) < 4.78 is 5.24. The van der Waals surface area contributed by atoms with Gasteiger partial charge in [0, 0.05) is 12.6 Å². The van der Waals surface area contributed by atoms with E-state index in [1.807, 2.05) is 6.92 Å². The van der Waals surface area contributed by atoms with Crippen LogP contribution in [0.1, 0.15) is 24.9 Å². The lowest BCUT2D eigenvalue weighted by molar-refractivity contribution is 0.276. The molecule has 0 heterocycles. The molecule has 4 nitrogen and oxygen atoms in total. The number of aliphatic hydroxyl groups excluding tert-OH is 1. The lowest BCUT2D eigenvalue weighted by atomic mass is 10.0. The Labute approximate surface area is 89.3 Å². The van der Waals surface area contributed by atoms with E-state index >= 15 is 0 Å². The van der Waals surface area contributed by atoms with Gasteiger partial charge in [0.25, 0.3) is 0 Å². The Hall–Kier alpha value is -1.26. The van der Waals surface area contributed by atoms with Gasteiger partial charge >= 0.3 is 0 Å². The Bertz CT molecular complexity index is 315. The highest BCUT2D eigenvalue weighted by Crippen LogP contribution is 2.29. The van der Waals surface area contributed by atoms with Crippen molar-refractivity contribution in [1.82, 2.24) is 0 Å². The number of phenolic OH excluding ortho intramolecular Hbond substituents is 1. The van der Waals surface area contributed by atoms with Crippen molar-refractivity contribution in [3.05, 3.63) is 23.8 Å². The van der Waals surface area contributed by atoms with Gasteiger partial charge in [-0.05, 0) is 31.0 Å². The van der Waals surface area contributed by atoms with E-state index in [4.69, 9.17) is 15.6 Å². The van der Waals surface area contributed by atoms with E-state index in [1.54, 1.807) is 18.2 Å². The van der Waals surface area contributed by atoms with Gasteiger partial charge < -0.3 is 20.7 Å². The quantitative estimate of drug-likeness (QED) is 0.683. The molecule has 1 aromatic carbocycles. The zero-order chi connectivity index (χ0) is 11.3. The molecule has 0 spiro atoms. The van der Waals surface area contributed by atoms with E-state index in [0.717, 1.165) is 5.56 Å². The Morgan fingerprint density at radius 3 is 2.80 bits per heavy atom. The molecule has 15 heavy (non-hydrogen) atoms. The van der Waals surface area contributed by atoms with Crippen molar-refractivity contribution in [3.63, 3.8) is 0 Å². The second-order valence-electron chi connectivity index (χ2n) is 3.28. The van der Waals surface area contributed by atoms with Gasteiger partial charge in [-0.3, -0.25) is 0 Å². The van der Waals surface area contributed by atoms with Crippen LogP contribution in [0.25, 0.3) is 0 Å². The molecule has 0 aliphatic rings. The van der Waals surface area contributed by atoms with Crippen molar-refractivity contribution >= 4 is 0 Å². The van der Waals surface area contributed by atoms with Gasteiger partial charge in [0.05, 0.1) is 6.61 Å². The molecule has 0 saturated carbocycles. The van der Waals surface area contributed by atoms with E-state index in [9.17, 15) is 5.11 Å². The summed E-state index contributed by atoms with van der Waals surface area (Å²) in [6, 6.07) is 4.77. The molecule has 1 rings (SSSR count). The fraction of sp³-hybridized carbons (Fsp3) is 0.455. The molecule has 0 fully saturated rings. The minimum absolute atomic E-state index is 0.0476. The van der Waals surface area contributed by atoms with Gasteiger partial charge in [0.15, 0.2) is 11.5 Å². The van der Waals surface area contributed by atoms with Crippen LogP contribution in [0.2, 0.25) is 0 Å². The summed E-state index contributed by atoms with van der Waals surface area (Å²) in [5.41, 5.74) is 6.68. The third kappa shape index (κ3) is 3.11. The van der Waals surface area contributed by atoms with E-state index < -0.39 is 0 Å². The molecule has 0 bridgehead atoms. The number of hydrogen-bond donors (Lipinski definition) is 3. The topological polar surface area (TPSA) is 75.7 Å². The minimum atomic E-state index is -0.227. The van der Waals surface area contributed by atoms with Crippen molar-refractivity contribution in [3.8, 4) is 11.5 Å². The molecule has 84 valence electrons. The first-order valence-corrected chi connectivity index (χ1v) is 5.01. The first-order chi connectivity index (χ1) is 7.19. The standard InChI is InChI=1S/C11H17NO3/c1-2-15-11-7-8(3-4-10(11)14)9(12)5-6-13/h3-4,7,9,13-14H,2,5-6,12H2,1H3. The maximum atomic E-state index is 9.46. The van der Waals surface area contributed by atoms with Gasteiger partial charge in [0.1, 0.15) is 0 Å². The number of aromatic hydroxyl groups is 1. The van der Waals surface area contributed by atoms with Crippen molar-refractivity contribution in [2.45, 2.75) is 19.4 Å². The SMILES string of the molecule is CCOc1cc(C(N)CCO)ccc1O. The van der Waals surface area contributed by atoms with E-state index in [0.29, 0.717) is 18.8 Å². The van der Waals surface area contributed by atoms with Crippen LogP contribution in [-0.2, 0) is 0 Å². The summed E-state index contributed by atoms with van der Waals surface area (Å²) in [6.45, 7) is 2.39. The van der Waals surface area contributed by atoms with Crippen LogP contribution in [-0.4, -0.2) is 23.4 Å². The summed E-state index contributed by atoms with van der Waals surface area (Å²) in [4.78, 5) is 0. The van der Waals surface area contributed by atoms with Crippen molar-refractivity contribution < 1.29 is 14.9 Å². The van der Waals surface area contributed by atoms with E-state index in [-0.39, 0.29) is 18.4 Å². The zero-order valence-corrected chi connectivity index (χ0v) is 8.81. The Morgan fingerprint density at radius 1 is 1.47 bits per heavy atom. The van der Waals surface area contributed by atoms with E-state index in [1.165, 1.54) is 0 Å². The summed E-state index contributed by atoms with van der Waals surface area (Å²) in [6.07, 6.45) is 0.496. The maximum absolute atomic E-state index is 9.46. The normalized spacial score (nSPS) is 12.5. The smallest absolute Gasteiger partial charge is 0.161 e. The Balaban J connectivity index is 2.86. The van der Waals surface area contributed by atoms with Crippen LogP contribution in [0.5, 0.6) is 11.5 Å². The van der Waals surface area contributed by atoms with Gasteiger partial charge in [-0.25, -0.2) is 0 Å². The number of benzene rings is 1. The molecule has 0 amide bonds. The Morgan fingerprint density at radius 2 is 2.20 bits per heavy atom. The summed E-state index contributed by atoms with van der Waals surface area (Å²) >= 11 is 0. The number of aliphatic hydroxyl groups is 1. The highest BCUT2D eigenvalue weighted by molar-refractivity contribution is 5.42. The van der Waals surface area contributed by atoms with Crippen LogP contribution in [0, 0.1) is 0 Å². The molecular formula is C11H17NO3. The van der Waals surface area contributed by atoms with Crippen molar-refractivity contribution in [2.24, 2.45) is 5.73 Å². The molecule has 4 heteroatoms. The Kier molecular flexibility index (Phi) is 4.39. The zero-order valence-electron chi connectivity index (χ0n) is 8.81. The molecule has 0 saturated heterocycles. The first-order valence-electron chi connectivity index (χ1n) is 5.01. The molecule has 0 aromatic heterocycles. The van der Waals surface area contributed by atoms with Gasteiger partial charge in [0.2, 0.25) is 0 Å². The van der Waals surface area contributed by atoms with Gasteiger partial charge in [-0.1, -0.05) is 6.07 Å². The molecule has 4 N–H and O–H groups in total. The summed E-state index contributed by atoms with van der Waals surface area (Å²) in [5.74, 6) is 0.542. The third-order valence-corrected chi connectivity index (χ3v) is 2.15. The number of rotatable bonds is 5. The van der Waals surface area contributed by atoms with Crippen molar-refractivity contribution in [2.75, 3.05) is 13.2 Å². The molecule has 1 atom stereocenters. The lowest BCUT2D eigenvalue weighted by Gasteiger charge is -2.13. The van der Waals surface area contributed by atoms with Gasteiger partial charge in [-0.2, -0.15) is 0 Å². The third-order valence-electron chi connectivity index (χ3n) is 2.15. The number of nitrogens with two attached hydrogens (primary N) is 1. The predicted octanol–water partition coefficient (Wildman–Crippen LogP) is 1.17. The average molecular weight is 211 g/mol. The highest BCUT2D eigenvalue weighted by Gasteiger charge is 2.09. The van der Waals surface area contributed by atoms with Crippen molar-refractivity contribution in [1.29, 1.82) is 0 Å². The van der Waals surface area contributed by atoms with Crippen LogP contribution in [0.15, 0.2) is 18.2 Å². The van der Waals surface area contributed by atoms with Crippen LogP contribution in [0.4, 0.5) is 0 Å². The molecule has 0 aliphatic heterocycles. The van der Waals surface area contributed by atoms with Crippen LogP contribution in [0.3, 0.4) is 0 Å². The fourth-order valence-electron chi connectivity index (χ4n) is 1.34. The molecule has 0 aliphatic carbocycles. The fourth-order valence-corrected chi connectivity index (χ4v) is 1.34. The van der Waals surface area contributed by atoms with E-state index in [2.05, 4.69) is 0 Å². The number of ether oxygens (including phenoxy) is 1. The van der Waals surface area contributed by atoms with Crippen LogP contribution < -0.4 is 10.5 Å². The maximum Gasteiger partial charge on any atom is 0.161 e. The van der Waals surface area contributed by atoms with Gasteiger partial charge in [-0.15, -0.1) is 0 Å². The molecule has 1 unspecified atom stereocenters. The average Bonchev–Trinajstić information content (AvgIpc) is 2.22. The minimum Gasteiger partial charge on any atom is -0.504 e. The second-order valence-corrected chi connectivity index (χ2v) is 3.28. The predicted molar refractivity (Wildman–Crippen MR) is 57.9 cm³/mol. The largest absolute Gasteiger partial charge is 0.504 e. The number of hydrogen-bond acceptors (Lipinski definition) is 4. The first kappa shape index (κ1) is 11.8. The monoisotopic (exact) mass is 211 g/mol. The summed E-state index contributed by atoms with van der Waals surface area (Å²) in [7, 11) is 0. The number of phenols is 1. The lowest BCUT2D eigenvalue weighted by Crippen LogP contribution is -2.12. The molecule has 0 radical (unpaired) electrons. The van der Waals surface area contributed by atoms with Crippen LogP contribution >= 0.6 is 0 Å². The highest BCUT2D eigenvalue weighted by atomic mass is 16.5. The second kappa shape index (κ2) is 5.58. The molecular weight excluding hydrogens is 194 g/mol. The molecule has 1 aromatic rings. The summed E-state index contributed by atoms with van der Waals surface area (Å²) in [5, 5.41) is 18.2.